The molecule has 3 atom stereocenters. The van der Waals surface area contributed by atoms with E-state index in [1.54, 1.807) is 43.3 Å². The zero-order valence-corrected chi connectivity index (χ0v) is 21.7. The number of benzene rings is 2. The van der Waals surface area contributed by atoms with Gasteiger partial charge in [-0.15, -0.1) is 0 Å². The number of aromatic nitrogens is 1. The molecule has 1 aliphatic heterocycles. The van der Waals surface area contributed by atoms with Crippen LogP contribution in [0.25, 0.3) is 10.9 Å². The molecule has 10 nitrogen and oxygen atoms in total. The molecule has 0 saturated carbocycles. The van der Waals surface area contributed by atoms with Crippen molar-refractivity contribution in [2.75, 3.05) is 12.1 Å². The van der Waals surface area contributed by atoms with Crippen LogP contribution in [0.2, 0.25) is 0 Å². The van der Waals surface area contributed by atoms with Crippen LogP contribution in [0.1, 0.15) is 24.6 Å². The minimum Gasteiger partial charge on any atom is -0.487 e. The second-order valence-electron chi connectivity index (χ2n) is 8.58. The van der Waals surface area contributed by atoms with Crippen LogP contribution in [0, 0.1) is 24.2 Å². The first-order valence-electron chi connectivity index (χ1n) is 11.8. The lowest BCUT2D eigenvalue weighted by atomic mass is 9.95. The summed E-state index contributed by atoms with van der Waals surface area (Å²) >= 11 is 6.42. The van der Waals surface area contributed by atoms with Crippen molar-refractivity contribution in [2.24, 2.45) is 5.92 Å². The fraction of sp³-hybridized carbons (Fsp3) is 0.296. The van der Waals surface area contributed by atoms with Gasteiger partial charge in [0.25, 0.3) is 0 Å². The van der Waals surface area contributed by atoms with Crippen molar-refractivity contribution in [3.8, 4) is 11.8 Å². The molecule has 11 heteroatoms. The smallest absolute Gasteiger partial charge is 0.368 e. The number of hydrazine groups is 1. The van der Waals surface area contributed by atoms with Gasteiger partial charge in [-0.1, -0.05) is 43.3 Å². The average Bonchev–Trinajstić information content (AvgIpc) is 2.92. The third-order valence-corrected chi connectivity index (χ3v) is 6.45. The Kier molecular flexibility index (Phi) is 7.80. The fourth-order valence-electron chi connectivity index (χ4n) is 4.15. The Morgan fingerprint density at radius 3 is 2.71 bits per heavy atom. The molecule has 4 rings (SSSR count). The summed E-state index contributed by atoms with van der Waals surface area (Å²) in [5.41, 5.74) is 5.13. The van der Waals surface area contributed by atoms with Gasteiger partial charge in [-0.3, -0.25) is 9.59 Å². The average molecular weight is 537 g/mol. The maximum atomic E-state index is 13.1. The molecule has 0 amide bonds. The predicted octanol–water partition coefficient (Wildman–Crippen LogP) is 3.54. The van der Waals surface area contributed by atoms with Crippen LogP contribution in [-0.4, -0.2) is 41.0 Å². The number of methoxy groups -OCH3 is 1. The van der Waals surface area contributed by atoms with Gasteiger partial charge in [0.05, 0.1) is 12.8 Å². The summed E-state index contributed by atoms with van der Waals surface area (Å²) in [5.74, 6) is -3.30. The molecule has 1 N–H and O–H groups in total. The lowest BCUT2D eigenvalue weighted by molar-refractivity contribution is -0.162. The number of rotatable bonds is 8. The summed E-state index contributed by atoms with van der Waals surface area (Å²) in [6.45, 7) is 3.54. The molecule has 2 heterocycles. The zero-order chi connectivity index (χ0) is 27.4. The highest BCUT2D eigenvalue weighted by atomic mass is 35.5. The molecule has 38 heavy (non-hydrogen) atoms. The lowest BCUT2D eigenvalue weighted by Crippen LogP contribution is -2.68. The maximum Gasteiger partial charge on any atom is 0.368 e. The molecule has 1 fully saturated rings. The summed E-state index contributed by atoms with van der Waals surface area (Å²) in [6.07, 6.45) is 0.101. The Morgan fingerprint density at radius 2 is 2.00 bits per heavy atom. The molecule has 1 aliphatic rings. The maximum absolute atomic E-state index is 13.1. The van der Waals surface area contributed by atoms with Gasteiger partial charge in [0, 0.05) is 16.6 Å². The van der Waals surface area contributed by atoms with E-state index in [9.17, 15) is 19.6 Å². The first-order chi connectivity index (χ1) is 18.2. The van der Waals surface area contributed by atoms with E-state index in [-0.39, 0.29) is 13.0 Å². The van der Waals surface area contributed by atoms with Crippen LogP contribution in [0.15, 0.2) is 54.6 Å². The van der Waals surface area contributed by atoms with E-state index in [0.717, 1.165) is 23.2 Å². The van der Waals surface area contributed by atoms with Gasteiger partial charge in [-0.05, 0) is 43.1 Å². The van der Waals surface area contributed by atoms with Crippen molar-refractivity contribution in [1.29, 1.82) is 5.26 Å². The minimum absolute atomic E-state index is 0.0355. The van der Waals surface area contributed by atoms with Gasteiger partial charge in [0.1, 0.15) is 23.8 Å². The van der Waals surface area contributed by atoms with Crippen molar-refractivity contribution in [1.82, 2.24) is 10.4 Å². The molecule has 0 aliphatic carbocycles. The predicted molar refractivity (Wildman–Crippen MR) is 138 cm³/mol. The number of Topliss-reactive ketones (excluding diaryl/α,β-unsaturated/α-hetero) is 1. The van der Waals surface area contributed by atoms with Gasteiger partial charge in [-0.25, -0.2) is 20.2 Å². The third kappa shape index (κ3) is 5.11. The molecule has 0 radical (unpaired) electrons. The number of nitrogens with zero attached hydrogens (tertiary/aromatic N) is 3. The van der Waals surface area contributed by atoms with E-state index < -0.39 is 34.9 Å². The molecule has 1 aromatic heterocycles. The molecule has 3 unspecified atom stereocenters. The van der Waals surface area contributed by atoms with Crippen LogP contribution in [0.3, 0.4) is 0 Å². The van der Waals surface area contributed by atoms with Crippen LogP contribution in [0.5, 0.6) is 5.75 Å². The van der Waals surface area contributed by atoms with E-state index in [2.05, 4.69) is 10.4 Å². The minimum atomic E-state index is -2.31. The highest BCUT2D eigenvalue weighted by molar-refractivity contribution is 6.27. The second-order valence-corrected chi connectivity index (χ2v) is 9.09. The highest BCUT2D eigenvalue weighted by Crippen LogP contribution is 2.34. The molecule has 1 saturated heterocycles. The number of para-hydroxylation sites is 2. The summed E-state index contributed by atoms with van der Waals surface area (Å²) in [4.78, 5) is 42.5. The first-order valence-corrected chi connectivity index (χ1v) is 12.2. The van der Waals surface area contributed by atoms with E-state index in [4.69, 9.17) is 25.8 Å². The molecular weight excluding hydrogens is 512 g/mol. The molecule has 0 spiro atoms. The van der Waals surface area contributed by atoms with Crippen molar-refractivity contribution < 1.29 is 28.6 Å². The Bertz CT molecular complexity index is 1440. The van der Waals surface area contributed by atoms with Crippen LogP contribution in [0.4, 0.5) is 5.69 Å². The van der Waals surface area contributed by atoms with Crippen molar-refractivity contribution >= 4 is 45.9 Å². The number of ether oxygens (including phenoxy) is 3. The standard InChI is InChI=1S/C27H25ClN4O6/c1-4-19(25(34)36-3)24(33)23-26(35)38-27(28,15-29)32(31-23)20-10-6-5-8-18(20)14-37-21-11-7-9-17-13-12-16(2)30-22(17)21/h5-13,19,23,31H,4,14H2,1-3H3. The highest BCUT2D eigenvalue weighted by Gasteiger charge is 2.52. The van der Waals surface area contributed by atoms with Gasteiger partial charge in [0.2, 0.25) is 0 Å². The summed E-state index contributed by atoms with van der Waals surface area (Å²) < 4.78 is 16.0. The number of anilines is 1. The van der Waals surface area contributed by atoms with Crippen LogP contribution >= 0.6 is 11.6 Å². The number of nitriles is 1. The number of pyridine rings is 1. The van der Waals surface area contributed by atoms with E-state index in [0.29, 0.717) is 22.5 Å². The Labute approximate surface area is 224 Å². The van der Waals surface area contributed by atoms with Crippen LogP contribution in [-0.2, 0) is 30.5 Å². The number of fused-ring (bicyclic) bond motifs is 1. The number of aryl methyl sites for hydroxylation is 1. The topological polar surface area (TPSA) is 131 Å². The van der Waals surface area contributed by atoms with Crippen LogP contribution < -0.4 is 15.2 Å². The SMILES string of the molecule is CCC(C(=O)OC)C(=O)C1NN(c2ccccc2COc2cccc3ccc(C)nc23)C(Cl)(C#N)OC1=O. The summed E-state index contributed by atoms with van der Waals surface area (Å²) in [7, 11) is 1.15. The Morgan fingerprint density at radius 1 is 1.24 bits per heavy atom. The number of carbonyl (C=O) groups excluding carboxylic acids is 3. The van der Waals surface area contributed by atoms with Gasteiger partial charge in [-0.2, -0.15) is 5.26 Å². The lowest BCUT2D eigenvalue weighted by Gasteiger charge is -2.42. The number of carbonyl (C=O) groups is 3. The molecule has 196 valence electrons. The second kappa shape index (κ2) is 11.0. The molecule has 0 bridgehead atoms. The van der Waals surface area contributed by atoms with Gasteiger partial charge in [0.15, 0.2) is 17.9 Å². The largest absolute Gasteiger partial charge is 0.487 e. The van der Waals surface area contributed by atoms with Gasteiger partial charge < -0.3 is 14.2 Å². The number of cyclic esters (lactones) is 1. The zero-order valence-electron chi connectivity index (χ0n) is 20.9. The quantitative estimate of drug-likeness (QED) is 0.197. The van der Waals surface area contributed by atoms with Crippen molar-refractivity contribution in [3.05, 3.63) is 65.9 Å². The molecule has 2 aromatic carbocycles. The number of alkyl halides is 1. The fourth-order valence-corrected chi connectivity index (χ4v) is 4.36. The number of ketones is 1. The first kappa shape index (κ1) is 26.9. The van der Waals surface area contributed by atoms with Crippen molar-refractivity contribution in [3.63, 3.8) is 0 Å². The van der Waals surface area contributed by atoms with E-state index >= 15 is 0 Å². The number of esters is 2. The van der Waals surface area contributed by atoms with Gasteiger partial charge >= 0.3 is 17.1 Å². The summed E-state index contributed by atoms with van der Waals surface area (Å²) in [5, 5.41) is 9.50. The van der Waals surface area contributed by atoms with Crippen molar-refractivity contribution in [2.45, 2.75) is 38.1 Å². The number of halogens is 1. The third-order valence-electron chi connectivity index (χ3n) is 6.12. The summed E-state index contributed by atoms with van der Waals surface area (Å²) in [6, 6.07) is 16.4. The van der Waals surface area contributed by atoms with E-state index in [1.165, 1.54) is 0 Å². The number of hydrogen-bond donors (Lipinski definition) is 1. The molecule has 3 aromatic rings. The Balaban J connectivity index is 1.66. The number of hydrogen-bond acceptors (Lipinski definition) is 10. The monoisotopic (exact) mass is 536 g/mol. The Hall–Kier alpha value is -4.20. The number of nitrogens with one attached hydrogen (secondary N) is 1. The normalized spacial score (nSPS) is 19.8. The van der Waals surface area contributed by atoms with E-state index in [1.807, 2.05) is 31.2 Å². The molecular formula is C27H25ClN4O6.